The zero-order valence-corrected chi connectivity index (χ0v) is 12.7. The van der Waals surface area contributed by atoms with Gasteiger partial charge in [-0.2, -0.15) is 5.10 Å². The van der Waals surface area contributed by atoms with Crippen LogP contribution >= 0.6 is 0 Å². The van der Waals surface area contributed by atoms with Crippen LogP contribution < -0.4 is 0 Å². The molecule has 0 spiro atoms. The summed E-state index contributed by atoms with van der Waals surface area (Å²) in [6, 6.07) is 10.2. The molecule has 0 amide bonds. The second-order valence-corrected chi connectivity index (χ2v) is 5.48. The van der Waals surface area contributed by atoms with Gasteiger partial charge in [-0.25, -0.2) is 0 Å². The van der Waals surface area contributed by atoms with Gasteiger partial charge >= 0.3 is 0 Å². The number of aromatic nitrogens is 2. The van der Waals surface area contributed by atoms with Crippen LogP contribution in [0, 0.1) is 6.92 Å². The van der Waals surface area contributed by atoms with Crippen molar-refractivity contribution < 1.29 is 4.79 Å². The number of Topliss-reactive ketones (excluding diaryl/α,β-unsaturated/α-hetero) is 1. The van der Waals surface area contributed by atoms with Crippen LogP contribution in [0.3, 0.4) is 0 Å². The summed E-state index contributed by atoms with van der Waals surface area (Å²) < 4.78 is 1.78. The first-order valence-corrected chi connectivity index (χ1v) is 7.17. The van der Waals surface area contributed by atoms with E-state index >= 15 is 0 Å². The number of carbonyl (C=O) groups excluding carboxylic acids is 1. The van der Waals surface area contributed by atoms with Gasteiger partial charge in [-0.1, -0.05) is 38.1 Å². The molecule has 0 saturated carbocycles. The van der Waals surface area contributed by atoms with Gasteiger partial charge in [0.05, 0.1) is 5.69 Å². The van der Waals surface area contributed by atoms with Crippen molar-refractivity contribution in [1.82, 2.24) is 9.78 Å². The summed E-state index contributed by atoms with van der Waals surface area (Å²) >= 11 is 0. The van der Waals surface area contributed by atoms with E-state index in [1.807, 2.05) is 32.0 Å². The van der Waals surface area contributed by atoms with Gasteiger partial charge in [-0.05, 0) is 37.0 Å². The van der Waals surface area contributed by atoms with E-state index < -0.39 is 0 Å². The minimum absolute atomic E-state index is 0.129. The summed E-state index contributed by atoms with van der Waals surface area (Å²) in [5.41, 5.74) is 3.96. The van der Waals surface area contributed by atoms with Gasteiger partial charge in [0, 0.05) is 13.0 Å². The summed E-state index contributed by atoms with van der Waals surface area (Å²) in [6.45, 7) is 8.98. The van der Waals surface area contributed by atoms with Crippen LogP contribution in [-0.4, -0.2) is 15.6 Å². The summed E-state index contributed by atoms with van der Waals surface area (Å²) in [5.74, 6) is 0.647. The lowest BCUT2D eigenvalue weighted by Gasteiger charge is -2.07. The Kier molecular flexibility index (Phi) is 4.38. The Hall–Kier alpha value is -1.90. The molecule has 1 aromatic heterocycles. The normalized spacial score (nSPS) is 11.1. The molecule has 0 saturated heterocycles. The zero-order valence-electron chi connectivity index (χ0n) is 12.7. The van der Waals surface area contributed by atoms with Crippen molar-refractivity contribution in [3.8, 4) is 0 Å². The monoisotopic (exact) mass is 270 g/mol. The molecule has 106 valence electrons. The Morgan fingerprint density at radius 1 is 1.25 bits per heavy atom. The van der Waals surface area contributed by atoms with Crippen LogP contribution in [0.15, 0.2) is 30.3 Å². The van der Waals surface area contributed by atoms with Crippen molar-refractivity contribution in [2.24, 2.45) is 0 Å². The van der Waals surface area contributed by atoms with Crippen LogP contribution in [0.1, 0.15) is 54.0 Å². The van der Waals surface area contributed by atoms with Gasteiger partial charge in [-0.3, -0.25) is 9.48 Å². The minimum Gasteiger partial charge on any atom is -0.292 e. The average Bonchev–Trinajstić information content (AvgIpc) is 2.80. The lowest BCUT2D eigenvalue weighted by atomic mass is 9.99. The number of carbonyl (C=O) groups is 1. The van der Waals surface area contributed by atoms with E-state index in [0.29, 0.717) is 18.0 Å². The Labute approximate surface area is 120 Å². The molecule has 0 radical (unpaired) electrons. The fraction of sp³-hybridized carbons (Fsp3) is 0.412. The first-order chi connectivity index (χ1) is 9.51. The van der Waals surface area contributed by atoms with E-state index in [1.54, 1.807) is 4.68 Å². The molecular weight excluding hydrogens is 248 g/mol. The summed E-state index contributed by atoms with van der Waals surface area (Å²) in [6.07, 6.45) is 0.434. The lowest BCUT2D eigenvalue weighted by molar-refractivity contribution is 0.0983. The Morgan fingerprint density at radius 2 is 1.90 bits per heavy atom. The van der Waals surface area contributed by atoms with Gasteiger partial charge in [0.15, 0.2) is 5.78 Å². The zero-order chi connectivity index (χ0) is 14.7. The van der Waals surface area contributed by atoms with Gasteiger partial charge < -0.3 is 0 Å². The minimum atomic E-state index is 0.129. The highest BCUT2D eigenvalue weighted by Crippen LogP contribution is 2.16. The molecule has 3 heteroatoms. The molecule has 0 aliphatic rings. The highest BCUT2D eigenvalue weighted by molar-refractivity contribution is 5.96. The molecule has 0 atom stereocenters. The smallest absolute Gasteiger partial charge is 0.185 e. The Balaban J connectivity index is 2.14. The van der Waals surface area contributed by atoms with Crippen LogP contribution in [0.2, 0.25) is 0 Å². The number of nitrogens with zero attached hydrogens (tertiary/aromatic N) is 2. The summed E-state index contributed by atoms with van der Waals surface area (Å²) in [7, 11) is 0. The van der Waals surface area contributed by atoms with Gasteiger partial charge in [0.1, 0.15) is 5.69 Å². The predicted octanol–water partition coefficient (Wildman–Crippen LogP) is 3.76. The topological polar surface area (TPSA) is 34.9 Å². The van der Waals surface area contributed by atoms with E-state index in [9.17, 15) is 4.79 Å². The van der Waals surface area contributed by atoms with Crippen molar-refractivity contribution in [3.05, 3.63) is 52.8 Å². The molecule has 3 nitrogen and oxygen atoms in total. The first kappa shape index (κ1) is 14.5. The van der Waals surface area contributed by atoms with Crippen molar-refractivity contribution in [2.75, 3.05) is 0 Å². The van der Waals surface area contributed by atoms with Gasteiger partial charge in [0.25, 0.3) is 0 Å². The number of benzene rings is 1. The number of hydrogen-bond donors (Lipinski definition) is 0. The quantitative estimate of drug-likeness (QED) is 0.775. The van der Waals surface area contributed by atoms with E-state index in [4.69, 9.17) is 0 Å². The van der Waals surface area contributed by atoms with E-state index in [0.717, 1.165) is 17.8 Å². The van der Waals surface area contributed by atoms with Crippen LogP contribution in [0.4, 0.5) is 0 Å². The lowest BCUT2D eigenvalue weighted by Crippen LogP contribution is -2.11. The molecule has 0 fully saturated rings. The van der Waals surface area contributed by atoms with Crippen molar-refractivity contribution >= 4 is 5.78 Å². The van der Waals surface area contributed by atoms with E-state index in [1.165, 1.54) is 5.56 Å². The summed E-state index contributed by atoms with van der Waals surface area (Å²) in [5, 5.41) is 4.32. The largest absolute Gasteiger partial charge is 0.292 e. The molecule has 0 aliphatic carbocycles. The molecular formula is C17H22N2O. The maximum absolute atomic E-state index is 12.4. The van der Waals surface area contributed by atoms with Crippen LogP contribution in [0.5, 0.6) is 0 Å². The molecule has 0 N–H and O–H groups in total. The third-order valence-corrected chi connectivity index (χ3v) is 3.50. The molecule has 0 bridgehead atoms. The maximum atomic E-state index is 12.4. The highest BCUT2D eigenvalue weighted by atomic mass is 16.1. The number of ketones is 1. The number of aryl methyl sites for hydroxylation is 2. The molecule has 2 rings (SSSR count). The Morgan fingerprint density at radius 3 is 2.45 bits per heavy atom. The Bertz CT molecular complexity index is 594. The SMILES string of the molecule is CCn1nc(C)cc1C(=O)Cc1ccc(C(C)C)cc1. The van der Waals surface area contributed by atoms with Crippen molar-refractivity contribution in [1.29, 1.82) is 0 Å². The van der Waals surface area contributed by atoms with Crippen molar-refractivity contribution in [2.45, 2.75) is 46.6 Å². The predicted molar refractivity (Wildman–Crippen MR) is 81.2 cm³/mol. The molecule has 0 unspecified atom stereocenters. The van der Waals surface area contributed by atoms with Crippen LogP contribution in [0.25, 0.3) is 0 Å². The van der Waals surface area contributed by atoms with E-state index in [2.05, 4.69) is 31.1 Å². The fourth-order valence-electron chi connectivity index (χ4n) is 2.31. The number of rotatable bonds is 5. The second-order valence-electron chi connectivity index (χ2n) is 5.48. The first-order valence-electron chi connectivity index (χ1n) is 7.17. The number of hydrogen-bond acceptors (Lipinski definition) is 2. The second kappa shape index (κ2) is 6.04. The highest BCUT2D eigenvalue weighted by Gasteiger charge is 2.13. The molecule has 1 heterocycles. The third-order valence-electron chi connectivity index (χ3n) is 3.50. The third kappa shape index (κ3) is 3.16. The standard InChI is InChI=1S/C17H22N2O/c1-5-19-16(10-13(4)18-19)17(20)11-14-6-8-15(9-7-14)12(2)3/h6-10,12H,5,11H2,1-4H3. The molecule has 0 aliphatic heterocycles. The van der Waals surface area contributed by atoms with E-state index in [-0.39, 0.29) is 5.78 Å². The molecule has 20 heavy (non-hydrogen) atoms. The van der Waals surface area contributed by atoms with Crippen LogP contribution in [-0.2, 0) is 13.0 Å². The maximum Gasteiger partial charge on any atom is 0.185 e. The fourth-order valence-corrected chi connectivity index (χ4v) is 2.31. The average molecular weight is 270 g/mol. The van der Waals surface area contributed by atoms with Gasteiger partial charge in [0.2, 0.25) is 0 Å². The van der Waals surface area contributed by atoms with Crippen molar-refractivity contribution in [3.63, 3.8) is 0 Å². The van der Waals surface area contributed by atoms with Gasteiger partial charge in [-0.15, -0.1) is 0 Å². The molecule has 1 aromatic carbocycles. The molecule has 2 aromatic rings. The summed E-state index contributed by atoms with van der Waals surface area (Å²) in [4.78, 5) is 12.4.